The number of aliphatic hydroxyl groups excluding tert-OH is 1. The van der Waals surface area contributed by atoms with E-state index in [0.717, 1.165) is 42.6 Å². The molecule has 0 radical (unpaired) electrons. The Hall–Kier alpha value is -3.53. The lowest BCUT2D eigenvalue weighted by Crippen LogP contribution is -2.41. The molecule has 10 heteroatoms. The molecule has 190 valence electrons. The molecule has 10 nitrogen and oxygen atoms in total. The first-order valence-electron chi connectivity index (χ1n) is 12.7. The number of benzene rings is 1. The predicted octanol–water partition coefficient (Wildman–Crippen LogP) is 2.00. The number of piperidine rings is 1. The van der Waals surface area contributed by atoms with E-state index in [1.807, 2.05) is 36.1 Å². The van der Waals surface area contributed by atoms with Crippen LogP contribution in [-0.4, -0.2) is 65.3 Å². The van der Waals surface area contributed by atoms with Crippen molar-refractivity contribution in [2.75, 3.05) is 6.54 Å². The summed E-state index contributed by atoms with van der Waals surface area (Å²) in [5.41, 5.74) is 3.41. The number of likely N-dealkylation sites (tertiary alicyclic amines) is 1. The van der Waals surface area contributed by atoms with Gasteiger partial charge in [-0.2, -0.15) is 5.10 Å². The molecule has 36 heavy (non-hydrogen) atoms. The van der Waals surface area contributed by atoms with Gasteiger partial charge < -0.3 is 15.3 Å². The second kappa shape index (κ2) is 10.6. The highest BCUT2D eigenvalue weighted by molar-refractivity contribution is 5.95. The van der Waals surface area contributed by atoms with Crippen molar-refractivity contribution in [1.29, 1.82) is 0 Å². The maximum atomic E-state index is 13.1. The number of aryl methyl sites for hydroxylation is 1. The lowest BCUT2D eigenvalue weighted by atomic mass is 9.91. The molecule has 0 spiro atoms. The van der Waals surface area contributed by atoms with Gasteiger partial charge in [0.25, 0.3) is 5.91 Å². The molecule has 2 aromatic heterocycles. The third-order valence-corrected chi connectivity index (χ3v) is 7.31. The molecular formula is C26H33N7O3. The fraction of sp³-hybridized carbons (Fsp3) is 0.500. The van der Waals surface area contributed by atoms with Gasteiger partial charge in [-0.1, -0.05) is 35.5 Å². The van der Waals surface area contributed by atoms with Crippen molar-refractivity contribution in [3.05, 3.63) is 65.2 Å². The molecule has 1 aliphatic carbocycles. The first-order valence-corrected chi connectivity index (χ1v) is 12.7. The van der Waals surface area contributed by atoms with Gasteiger partial charge in [0.05, 0.1) is 42.3 Å². The Kier molecular flexibility index (Phi) is 7.13. The van der Waals surface area contributed by atoms with Crippen LogP contribution >= 0.6 is 0 Å². The Balaban J connectivity index is 1.14. The summed E-state index contributed by atoms with van der Waals surface area (Å²) in [6.07, 6.45) is 8.14. The largest absolute Gasteiger partial charge is 0.391 e. The molecule has 5 rings (SSSR count). The molecule has 1 aliphatic heterocycles. The Morgan fingerprint density at radius 3 is 2.69 bits per heavy atom. The van der Waals surface area contributed by atoms with Gasteiger partial charge in [0, 0.05) is 32.5 Å². The molecule has 3 heterocycles. The number of carbonyl (C=O) groups excluding carboxylic acids is 2. The summed E-state index contributed by atoms with van der Waals surface area (Å²) >= 11 is 0. The van der Waals surface area contributed by atoms with Crippen molar-refractivity contribution in [2.45, 2.75) is 69.7 Å². The van der Waals surface area contributed by atoms with E-state index in [-0.39, 0.29) is 23.9 Å². The van der Waals surface area contributed by atoms with Gasteiger partial charge in [-0.25, -0.2) is 4.68 Å². The quantitative estimate of drug-likeness (QED) is 0.522. The molecule has 1 saturated carbocycles. The predicted molar refractivity (Wildman–Crippen MR) is 132 cm³/mol. The molecule has 1 aromatic carbocycles. The molecular weight excluding hydrogens is 458 g/mol. The number of β-amino-alcohol motifs (C(OH)–C–C–N with tert-alkyl or cyclic N) is 1. The Bertz CT molecular complexity index is 1200. The minimum Gasteiger partial charge on any atom is -0.391 e. The third kappa shape index (κ3) is 5.48. The minimum absolute atomic E-state index is 0.0478. The summed E-state index contributed by atoms with van der Waals surface area (Å²) in [5, 5.41) is 26.0. The van der Waals surface area contributed by atoms with Gasteiger partial charge >= 0.3 is 0 Å². The summed E-state index contributed by atoms with van der Waals surface area (Å²) in [4.78, 5) is 26.9. The van der Waals surface area contributed by atoms with Gasteiger partial charge in [0.2, 0.25) is 5.91 Å². The number of aromatic nitrogens is 5. The fourth-order valence-corrected chi connectivity index (χ4v) is 5.21. The highest BCUT2D eigenvalue weighted by atomic mass is 16.3. The first kappa shape index (κ1) is 24.2. The average Bonchev–Trinajstić information content (AvgIpc) is 3.49. The maximum Gasteiger partial charge on any atom is 0.254 e. The summed E-state index contributed by atoms with van der Waals surface area (Å²) in [7, 11) is 1.87. The number of rotatable bonds is 7. The Morgan fingerprint density at radius 1 is 1.14 bits per heavy atom. The molecule has 3 aromatic rings. The fourth-order valence-electron chi connectivity index (χ4n) is 5.21. The lowest BCUT2D eigenvalue weighted by molar-refractivity contribution is -0.137. The highest BCUT2D eigenvalue weighted by Crippen LogP contribution is 2.28. The van der Waals surface area contributed by atoms with Crippen LogP contribution in [0.25, 0.3) is 0 Å². The summed E-state index contributed by atoms with van der Waals surface area (Å²) in [6, 6.07) is 10.4. The Morgan fingerprint density at radius 2 is 1.92 bits per heavy atom. The SMILES string of the molecule is Cn1ncc(C(=O)NC2CCC(n3cc(CN4CC(O)CCC4=O)nn3)CC2)c1Cc1ccccc1. The van der Waals surface area contributed by atoms with Crippen LogP contribution in [0.3, 0.4) is 0 Å². The van der Waals surface area contributed by atoms with Crippen molar-refractivity contribution < 1.29 is 14.7 Å². The van der Waals surface area contributed by atoms with Crippen LogP contribution in [0.5, 0.6) is 0 Å². The number of amides is 2. The number of hydrogen-bond donors (Lipinski definition) is 2. The number of hydrogen-bond acceptors (Lipinski definition) is 6. The topological polar surface area (TPSA) is 118 Å². The molecule has 2 amide bonds. The second-order valence-corrected chi connectivity index (χ2v) is 9.93. The number of nitrogens with one attached hydrogen (secondary N) is 1. The van der Waals surface area contributed by atoms with Crippen LogP contribution < -0.4 is 5.32 Å². The standard InChI is InChI=1S/C26H33N7O3/c1-31-24(13-18-5-3-2-4-6-18)23(14-27-31)26(36)28-19-7-9-21(10-8-19)33-16-20(29-30-33)15-32-17-22(34)11-12-25(32)35/h2-6,14,16,19,21-22,34H,7-13,15,17H2,1H3,(H,28,36). The highest BCUT2D eigenvalue weighted by Gasteiger charge is 2.28. The van der Waals surface area contributed by atoms with E-state index >= 15 is 0 Å². The van der Waals surface area contributed by atoms with Crippen LogP contribution in [0.2, 0.25) is 0 Å². The van der Waals surface area contributed by atoms with E-state index in [1.165, 1.54) is 0 Å². The van der Waals surface area contributed by atoms with Gasteiger partial charge in [-0.15, -0.1) is 5.10 Å². The lowest BCUT2D eigenvalue weighted by Gasteiger charge is -2.29. The zero-order valence-electron chi connectivity index (χ0n) is 20.6. The molecule has 2 fully saturated rings. The van der Waals surface area contributed by atoms with Gasteiger partial charge in [-0.05, 0) is 37.7 Å². The van der Waals surface area contributed by atoms with E-state index in [4.69, 9.17) is 0 Å². The van der Waals surface area contributed by atoms with Crippen LogP contribution in [0.1, 0.15) is 71.9 Å². The number of aliphatic hydroxyl groups is 1. The smallest absolute Gasteiger partial charge is 0.254 e. The second-order valence-electron chi connectivity index (χ2n) is 9.93. The normalized spacial score (nSPS) is 22.6. The van der Waals surface area contributed by atoms with Crippen LogP contribution in [-0.2, 0) is 24.8 Å². The summed E-state index contributed by atoms with van der Waals surface area (Å²) in [5.74, 6) is -0.0273. The maximum absolute atomic E-state index is 13.1. The molecule has 2 N–H and O–H groups in total. The molecule has 2 aliphatic rings. The average molecular weight is 492 g/mol. The Labute approximate surface area is 210 Å². The number of nitrogens with zero attached hydrogens (tertiary/aromatic N) is 6. The third-order valence-electron chi connectivity index (χ3n) is 7.31. The van der Waals surface area contributed by atoms with Crippen molar-refractivity contribution in [3.8, 4) is 0 Å². The summed E-state index contributed by atoms with van der Waals surface area (Å²) in [6.45, 7) is 0.720. The van der Waals surface area contributed by atoms with Crippen LogP contribution in [0, 0.1) is 0 Å². The zero-order chi connectivity index (χ0) is 25.1. The molecule has 1 unspecified atom stereocenters. The molecule has 1 atom stereocenters. The monoisotopic (exact) mass is 491 g/mol. The van der Waals surface area contributed by atoms with Crippen LogP contribution in [0.15, 0.2) is 42.7 Å². The van der Waals surface area contributed by atoms with Crippen molar-refractivity contribution in [1.82, 2.24) is 35.0 Å². The van der Waals surface area contributed by atoms with Gasteiger partial charge in [-0.3, -0.25) is 14.3 Å². The van der Waals surface area contributed by atoms with Crippen LogP contribution in [0.4, 0.5) is 0 Å². The van der Waals surface area contributed by atoms with Crippen molar-refractivity contribution in [3.63, 3.8) is 0 Å². The van der Waals surface area contributed by atoms with Gasteiger partial charge in [0.15, 0.2) is 0 Å². The summed E-state index contributed by atoms with van der Waals surface area (Å²) < 4.78 is 3.66. The van der Waals surface area contributed by atoms with Crippen molar-refractivity contribution in [2.24, 2.45) is 7.05 Å². The van der Waals surface area contributed by atoms with E-state index < -0.39 is 6.10 Å². The van der Waals surface area contributed by atoms with Crippen molar-refractivity contribution >= 4 is 11.8 Å². The van der Waals surface area contributed by atoms with Gasteiger partial charge in [0.1, 0.15) is 5.69 Å². The molecule has 1 saturated heterocycles. The number of carbonyl (C=O) groups is 2. The van der Waals surface area contributed by atoms with E-state index in [0.29, 0.717) is 37.9 Å². The van der Waals surface area contributed by atoms with E-state index in [2.05, 4.69) is 32.9 Å². The van der Waals surface area contributed by atoms with E-state index in [9.17, 15) is 14.7 Å². The first-order chi connectivity index (χ1) is 17.5. The van der Waals surface area contributed by atoms with E-state index in [1.54, 1.807) is 15.8 Å². The zero-order valence-corrected chi connectivity index (χ0v) is 20.6. The molecule has 0 bridgehead atoms. The minimum atomic E-state index is -0.468.